The molecule has 2 aromatic rings. The molecule has 0 saturated carbocycles. The highest BCUT2D eigenvalue weighted by molar-refractivity contribution is 6.07. The van der Waals surface area contributed by atoms with Crippen LogP contribution in [0.2, 0.25) is 0 Å². The Balaban J connectivity index is 2.28. The van der Waals surface area contributed by atoms with E-state index >= 15 is 0 Å². The quantitative estimate of drug-likeness (QED) is 0.791. The number of amides is 1. The molecule has 5 nitrogen and oxygen atoms in total. The third-order valence-corrected chi connectivity index (χ3v) is 3.24. The summed E-state index contributed by atoms with van der Waals surface area (Å²) in [6.07, 6.45) is 0. The molecule has 0 unspecified atom stereocenters. The summed E-state index contributed by atoms with van der Waals surface area (Å²) < 4.78 is 16.6. The lowest BCUT2D eigenvalue weighted by Crippen LogP contribution is -2.14. The van der Waals surface area contributed by atoms with Gasteiger partial charge in [0.15, 0.2) is 0 Å². The van der Waals surface area contributed by atoms with Crippen LogP contribution in [0, 0.1) is 0 Å². The third kappa shape index (κ3) is 4.41. The molecule has 0 aromatic heterocycles. The Hall–Kier alpha value is -2.69. The predicted octanol–water partition coefficient (Wildman–Crippen LogP) is 4.14. The summed E-state index contributed by atoms with van der Waals surface area (Å²) in [5.74, 6) is 1.57. The molecule has 24 heavy (non-hydrogen) atoms. The van der Waals surface area contributed by atoms with Crippen LogP contribution >= 0.6 is 0 Å². The molecule has 0 radical (unpaired) electrons. The number of ether oxygens (including phenoxy) is 3. The number of hydrogen-bond acceptors (Lipinski definition) is 4. The van der Waals surface area contributed by atoms with Crippen molar-refractivity contribution in [3.8, 4) is 17.2 Å². The van der Waals surface area contributed by atoms with Crippen LogP contribution < -0.4 is 19.5 Å². The SMILES string of the molecule is CCOc1ccc(OCC)c(NC(=O)c2ccccc2OCC)c1. The molecule has 1 amide bonds. The topological polar surface area (TPSA) is 56.8 Å². The van der Waals surface area contributed by atoms with E-state index in [0.717, 1.165) is 0 Å². The van der Waals surface area contributed by atoms with Gasteiger partial charge in [0.1, 0.15) is 17.2 Å². The Morgan fingerprint density at radius 1 is 0.875 bits per heavy atom. The number of anilines is 1. The highest BCUT2D eigenvalue weighted by Gasteiger charge is 2.15. The minimum absolute atomic E-state index is 0.256. The molecule has 0 heterocycles. The smallest absolute Gasteiger partial charge is 0.259 e. The van der Waals surface area contributed by atoms with Crippen LogP contribution in [0.25, 0.3) is 0 Å². The van der Waals surface area contributed by atoms with E-state index in [2.05, 4.69) is 5.32 Å². The maximum atomic E-state index is 12.6. The van der Waals surface area contributed by atoms with E-state index in [1.54, 1.807) is 30.3 Å². The number of rotatable bonds is 8. The van der Waals surface area contributed by atoms with E-state index in [0.29, 0.717) is 48.3 Å². The molecule has 5 heteroatoms. The van der Waals surface area contributed by atoms with Crippen molar-refractivity contribution in [2.75, 3.05) is 25.1 Å². The highest BCUT2D eigenvalue weighted by Crippen LogP contribution is 2.30. The summed E-state index contributed by atoms with van der Waals surface area (Å²) in [5, 5.41) is 2.89. The number of hydrogen-bond donors (Lipinski definition) is 1. The number of nitrogens with one attached hydrogen (secondary N) is 1. The van der Waals surface area contributed by atoms with E-state index in [1.807, 2.05) is 32.9 Å². The summed E-state index contributed by atoms with van der Waals surface area (Å²) in [5.41, 5.74) is 1.04. The second-order valence-corrected chi connectivity index (χ2v) is 4.91. The first kappa shape index (κ1) is 17.7. The first-order valence-electron chi connectivity index (χ1n) is 8.12. The van der Waals surface area contributed by atoms with Gasteiger partial charge in [0, 0.05) is 6.07 Å². The van der Waals surface area contributed by atoms with Crippen molar-refractivity contribution in [3.05, 3.63) is 48.0 Å². The van der Waals surface area contributed by atoms with Crippen molar-refractivity contribution in [2.24, 2.45) is 0 Å². The number of carbonyl (C=O) groups excluding carboxylic acids is 1. The fourth-order valence-corrected chi connectivity index (χ4v) is 2.27. The molecule has 128 valence electrons. The van der Waals surface area contributed by atoms with Crippen LogP contribution in [0.5, 0.6) is 17.2 Å². The molecule has 0 spiro atoms. The second-order valence-electron chi connectivity index (χ2n) is 4.91. The molecular formula is C19H23NO4. The van der Waals surface area contributed by atoms with Crippen molar-refractivity contribution in [1.82, 2.24) is 0 Å². The van der Waals surface area contributed by atoms with Crippen LogP contribution in [0.1, 0.15) is 31.1 Å². The molecular weight excluding hydrogens is 306 g/mol. The molecule has 2 aromatic carbocycles. The zero-order valence-electron chi connectivity index (χ0n) is 14.3. The van der Waals surface area contributed by atoms with Gasteiger partial charge in [-0.3, -0.25) is 4.79 Å². The molecule has 0 fully saturated rings. The molecule has 1 N–H and O–H groups in total. The maximum Gasteiger partial charge on any atom is 0.259 e. The number of para-hydroxylation sites is 1. The summed E-state index contributed by atoms with van der Waals surface area (Å²) in [6, 6.07) is 12.5. The largest absolute Gasteiger partial charge is 0.494 e. The van der Waals surface area contributed by atoms with Gasteiger partial charge in [0.05, 0.1) is 31.1 Å². The van der Waals surface area contributed by atoms with Crippen LogP contribution in [-0.4, -0.2) is 25.7 Å². The van der Waals surface area contributed by atoms with E-state index in [1.165, 1.54) is 0 Å². The zero-order valence-corrected chi connectivity index (χ0v) is 14.3. The van der Waals surface area contributed by atoms with E-state index < -0.39 is 0 Å². The highest BCUT2D eigenvalue weighted by atomic mass is 16.5. The van der Waals surface area contributed by atoms with Gasteiger partial charge in [-0.1, -0.05) is 12.1 Å². The lowest BCUT2D eigenvalue weighted by molar-refractivity contribution is 0.102. The Labute approximate surface area is 142 Å². The number of benzene rings is 2. The third-order valence-electron chi connectivity index (χ3n) is 3.24. The van der Waals surface area contributed by atoms with Crippen molar-refractivity contribution >= 4 is 11.6 Å². The van der Waals surface area contributed by atoms with Crippen molar-refractivity contribution in [2.45, 2.75) is 20.8 Å². The monoisotopic (exact) mass is 329 g/mol. The molecule has 0 bridgehead atoms. The minimum atomic E-state index is -0.256. The summed E-state index contributed by atoms with van der Waals surface area (Å²) in [7, 11) is 0. The fraction of sp³-hybridized carbons (Fsp3) is 0.316. The molecule has 0 aliphatic rings. The van der Waals surface area contributed by atoms with Gasteiger partial charge in [-0.25, -0.2) is 0 Å². The predicted molar refractivity (Wildman–Crippen MR) is 94.3 cm³/mol. The van der Waals surface area contributed by atoms with Crippen LogP contribution in [0.15, 0.2) is 42.5 Å². The van der Waals surface area contributed by atoms with Gasteiger partial charge in [-0.15, -0.1) is 0 Å². The van der Waals surface area contributed by atoms with E-state index in [9.17, 15) is 4.79 Å². The van der Waals surface area contributed by atoms with Gasteiger partial charge in [0.2, 0.25) is 0 Å². The Morgan fingerprint density at radius 2 is 1.54 bits per heavy atom. The van der Waals surface area contributed by atoms with Gasteiger partial charge >= 0.3 is 0 Å². The fourth-order valence-electron chi connectivity index (χ4n) is 2.27. The van der Waals surface area contributed by atoms with Gasteiger partial charge in [-0.2, -0.15) is 0 Å². The number of carbonyl (C=O) groups is 1. The Kier molecular flexibility index (Phi) is 6.49. The average Bonchev–Trinajstić information content (AvgIpc) is 2.58. The summed E-state index contributed by atoms with van der Waals surface area (Å²) >= 11 is 0. The minimum Gasteiger partial charge on any atom is -0.494 e. The first-order valence-corrected chi connectivity index (χ1v) is 8.12. The summed E-state index contributed by atoms with van der Waals surface area (Å²) in [6.45, 7) is 7.24. The Bertz CT molecular complexity index is 685. The van der Waals surface area contributed by atoms with Crippen molar-refractivity contribution in [3.63, 3.8) is 0 Å². The normalized spacial score (nSPS) is 10.1. The lowest BCUT2D eigenvalue weighted by atomic mass is 10.1. The van der Waals surface area contributed by atoms with Gasteiger partial charge < -0.3 is 19.5 Å². The molecule has 0 aliphatic carbocycles. The van der Waals surface area contributed by atoms with E-state index in [-0.39, 0.29) is 5.91 Å². The molecule has 0 aliphatic heterocycles. The first-order chi connectivity index (χ1) is 11.7. The summed E-state index contributed by atoms with van der Waals surface area (Å²) in [4.78, 5) is 12.6. The van der Waals surface area contributed by atoms with Crippen LogP contribution in [0.3, 0.4) is 0 Å². The average molecular weight is 329 g/mol. The molecule has 2 rings (SSSR count). The maximum absolute atomic E-state index is 12.6. The van der Waals surface area contributed by atoms with Crippen LogP contribution in [0.4, 0.5) is 5.69 Å². The zero-order chi connectivity index (χ0) is 17.4. The lowest BCUT2D eigenvalue weighted by Gasteiger charge is -2.15. The van der Waals surface area contributed by atoms with Gasteiger partial charge in [0.25, 0.3) is 5.91 Å². The second kappa shape index (κ2) is 8.82. The molecule has 0 atom stereocenters. The van der Waals surface area contributed by atoms with Crippen LogP contribution in [-0.2, 0) is 0 Å². The molecule has 0 saturated heterocycles. The van der Waals surface area contributed by atoms with Gasteiger partial charge in [-0.05, 0) is 45.0 Å². The van der Waals surface area contributed by atoms with Crippen molar-refractivity contribution in [1.29, 1.82) is 0 Å². The Morgan fingerprint density at radius 3 is 2.25 bits per heavy atom. The standard InChI is InChI=1S/C19H23NO4/c1-4-22-14-11-12-18(24-6-3)16(13-14)20-19(21)15-9-7-8-10-17(15)23-5-2/h7-13H,4-6H2,1-3H3,(H,20,21). The van der Waals surface area contributed by atoms with Crippen molar-refractivity contribution < 1.29 is 19.0 Å². The van der Waals surface area contributed by atoms with E-state index in [4.69, 9.17) is 14.2 Å².